The van der Waals surface area contributed by atoms with Crippen LogP contribution in [0.3, 0.4) is 0 Å². The number of carboxylic acids is 1. The van der Waals surface area contributed by atoms with Crippen molar-refractivity contribution in [2.45, 2.75) is 139 Å². The third-order valence-corrected chi connectivity index (χ3v) is 17.3. The minimum absolute atomic E-state index is 0.0114. The van der Waals surface area contributed by atoms with Crippen molar-refractivity contribution in [1.82, 2.24) is 9.80 Å². The Morgan fingerprint density at radius 2 is 1.55 bits per heavy atom. The topological polar surface area (TPSA) is 124 Å². The van der Waals surface area contributed by atoms with Crippen molar-refractivity contribution >= 4 is 35.2 Å². The van der Waals surface area contributed by atoms with Gasteiger partial charge in [-0.15, -0.1) is 0 Å². The Morgan fingerprint density at radius 3 is 2.16 bits per heavy atom. The summed E-state index contributed by atoms with van der Waals surface area (Å²) in [6, 6.07) is 6.92. The molecule has 10 heteroatoms. The highest BCUT2D eigenvalue weighted by molar-refractivity contribution is 6.30. The number of nitrogens with zero attached hydrogens (tertiary/aromatic N) is 2. The molecule has 9 nitrogen and oxygen atoms in total. The minimum atomic E-state index is -1.19. The van der Waals surface area contributed by atoms with Crippen molar-refractivity contribution in [3.8, 4) is 0 Å². The van der Waals surface area contributed by atoms with Crippen LogP contribution in [0.2, 0.25) is 5.02 Å². The number of allylic oxidation sites excluding steroid dienone is 1. The molecule has 0 bridgehead atoms. The quantitative estimate of drug-likeness (QED) is 0.200. The van der Waals surface area contributed by atoms with Gasteiger partial charge in [-0.1, -0.05) is 65.6 Å². The van der Waals surface area contributed by atoms with Gasteiger partial charge in [-0.25, -0.2) is 0 Å². The van der Waals surface area contributed by atoms with Crippen molar-refractivity contribution in [1.29, 1.82) is 0 Å². The Balaban J connectivity index is 1.30. The Bertz CT molecular complexity index is 1820. The Labute approximate surface area is 352 Å². The zero-order valence-electron chi connectivity index (χ0n) is 37.2. The number of likely N-dealkylation sites (N-methyl/N-ethyl adjacent to an activating group) is 1. The van der Waals surface area contributed by atoms with E-state index in [1.165, 1.54) is 5.57 Å². The minimum Gasteiger partial charge on any atom is -0.481 e. The molecule has 0 radical (unpaired) electrons. The van der Waals surface area contributed by atoms with E-state index in [0.717, 1.165) is 50.5 Å². The number of aliphatic hydroxyl groups is 1. The number of fused-ring (bicyclic) bond motifs is 7. The molecule has 2 N–H and O–H groups in total. The number of hydrogen-bond donors (Lipinski definition) is 2. The van der Waals surface area contributed by atoms with Crippen LogP contribution >= 0.6 is 11.6 Å². The molecule has 0 spiro atoms. The van der Waals surface area contributed by atoms with Gasteiger partial charge in [0.15, 0.2) is 5.78 Å². The number of aliphatic carboxylic acids is 1. The fourth-order valence-corrected chi connectivity index (χ4v) is 13.8. The zero-order valence-corrected chi connectivity index (χ0v) is 37.9. The van der Waals surface area contributed by atoms with Crippen molar-refractivity contribution < 1.29 is 34.1 Å². The van der Waals surface area contributed by atoms with Crippen molar-refractivity contribution in [3.63, 3.8) is 0 Å². The second-order valence-electron chi connectivity index (χ2n) is 21.6. The van der Waals surface area contributed by atoms with Crippen molar-refractivity contribution in [2.75, 3.05) is 33.7 Å². The SMILES string of the molecule is CC(C)C1=C2[C@H]3CC[C@@H]4[C@@]5(C)CC[C@H](OC(=O)CC(C)(C)C(=O)O)C(C)(C)[C@@H]5CC[C@@]4(C)[C@]3(C)CC[C@]2([C@@H](O)CN(CCN(C)C)C(=O)c2ccc(Cl)cc2)CC1=O. The molecule has 0 saturated heterocycles. The molecule has 0 aromatic heterocycles. The van der Waals surface area contributed by atoms with Crippen molar-refractivity contribution in [2.24, 2.45) is 56.2 Å². The number of hydrogen-bond acceptors (Lipinski definition) is 7. The van der Waals surface area contributed by atoms with Crippen LogP contribution in [-0.2, 0) is 19.1 Å². The predicted molar refractivity (Wildman–Crippen MR) is 227 cm³/mol. The van der Waals surface area contributed by atoms with E-state index in [-0.39, 0.29) is 70.7 Å². The van der Waals surface area contributed by atoms with Gasteiger partial charge in [-0.3, -0.25) is 19.2 Å². The lowest BCUT2D eigenvalue weighted by Crippen LogP contribution is -2.66. The van der Waals surface area contributed by atoms with Crippen molar-refractivity contribution in [3.05, 3.63) is 46.0 Å². The van der Waals surface area contributed by atoms with Crippen LogP contribution < -0.4 is 0 Å². The lowest BCUT2D eigenvalue weighted by molar-refractivity contribution is -0.235. The lowest BCUT2D eigenvalue weighted by atomic mass is 9.33. The van der Waals surface area contributed by atoms with Gasteiger partial charge in [-0.05, 0) is 149 Å². The first kappa shape index (κ1) is 44.8. The van der Waals surface area contributed by atoms with Crippen LogP contribution in [0.5, 0.6) is 0 Å². The first-order chi connectivity index (χ1) is 26.9. The number of rotatable bonds is 12. The van der Waals surface area contributed by atoms with Crippen LogP contribution in [0.25, 0.3) is 0 Å². The fourth-order valence-electron chi connectivity index (χ4n) is 13.7. The van der Waals surface area contributed by atoms with Gasteiger partial charge in [-0.2, -0.15) is 0 Å². The van der Waals surface area contributed by atoms with Crippen LogP contribution in [0.15, 0.2) is 35.4 Å². The van der Waals surface area contributed by atoms with Gasteiger partial charge < -0.3 is 24.7 Å². The number of halogens is 1. The van der Waals surface area contributed by atoms with E-state index in [4.69, 9.17) is 16.3 Å². The van der Waals surface area contributed by atoms with E-state index in [1.54, 1.807) is 43.0 Å². The predicted octanol–water partition coefficient (Wildman–Crippen LogP) is 9.10. The summed E-state index contributed by atoms with van der Waals surface area (Å²) in [6.07, 6.45) is 6.25. The molecule has 1 amide bonds. The fraction of sp³-hybridized carbons (Fsp3) is 0.750. The summed E-state index contributed by atoms with van der Waals surface area (Å²) in [6.45, 7) is 20.6. The highest BCUT2D eigenvalue weighted by Crippen LogP contribution is 2.77. The Kier molecular flexibility index (Phi) is 12.1. The molecule has 58 heavy (non-hydrogen) atoms. The molecule has 5 aliphatic rings. The van der Waals surface area contributed by atoms with Gasteiger partial charge in [0.1, 0.15) is 6.10 Å². The maximum Gasteiger partial charge on any atom is 0.309 e. The number of aliphatic hydroxyl groups excluding tert-OH is 1. The zero-order chi connectivity index (χ0) is 43.0. The molecule has 1 aromatic carbocycles. The number of carbonyl (C=O) groups excluding carboxylic acids is 3. The second-order valence-corrected chi connectivity index (χ2v) is 22.1. The molecule has 4 fully saturated rings. The molecule has 0 unspecified atom stereocenters. The molecule has 9 atom stereocenters. The van der Waals surface area contributed by atoms with Gasteiger partial charge in [0.2, 0.25) is 0 Å². The summed E-state index contributed by atoms with van der Waals surface area (Å²) in [5, 5.41) is 22.9. The van der Waals surface area contributed by atoms with E-state index in [9.17, 15) is 29.4 Å². The third-order valence-electron chi connectivity index (χ3n) is 17.1. The van der Waals surface area contributed by atoms with Gasteiger partial charge >= 0.3 is 11.9 Å². The van der Waals surface area contributed by atoms with Gasteiger partial charge in [0.25, 0.3) is 5.91 Å². The molecular formula is C48H71ClN2O7. The maximum absolute atomic E-state index is 14.3. The largest absolute Gasteiger partial charge is 0.481 e. The standard InChI is InChI=1S/C48H71ClN2O7/c1-29(2)39-33(52)26-48(36(53)28-51(25-24-50(10)11)41(55)30-12-14-31(49)15-13-30)23-22-46(8)32(40(39)48)16-17-35-45(7)20-19-37(58-38(54)27-43(3,4)42(56)57)44(5,6)34(45)18-21-47(35,46)9/h12-15,29,32,34-37,53H,16-28H2,1-11H3,(H,56,57)/t32-,34+,35-,36+,37+,45+,46-,47-,48-/m1/s1. The number of amides is 1. The van der Waals surface area contributed by atoms with E-state index in [0.29, 0.717) is 41.9 Å². The van der Waals surface area contributed by atoms with E-state index < -0.39 is 28.9 Å². The number of benzene rings is 1. The molecule has 4 saturated carbocycles. The number of ketones is 1. The van der Waals surface area contributed by atoms with Crippen LogP contribution in [0.4, 0.5) is 0 Å². The average molecular weight is 824 g/mol. The maximum atomic E-state index is 14.3. The smallest absolute Gasteiger partial charge is 0.309 e. The summed E-state index contributed by atoms with van der Waals surface area (Å²) in [4.78, 5) is 57.1. The number of ether oxygens (including phenoxy) is 1. The molecule has 322 valence electrons. The number of Topliss-reactive ketones (excluding diaryl/α,β-unsaturated/α-hetero) is 1. The average Bonchev–Trinajstić information content (AvgIpc) is 3.44. The third kappa shape index (κ3) is 7.29. The first-order valence-corrected chi connectivity index (χ1v) is 22.3. The summed E-state index contributed by atoms with van der Waals surface area (Å²) in [7, 11) is 3.95. The van der Waals surface area contributed by atoms with E-state index in [1.807, 2.05) is 19.0 Å². The normalized spacial score (nSPS) is 34.8. The number of carbonyl (C=O) groups is 4. The molecular weight excluding hydrogens is 752 g/mol. The monoisotopic (exact) mass is 822 g/mol. The molecule has 0 aliphatic heterocycles. The highest BCUT2D eigenvalue weighted by atomic mass is 35.5. The Hall–Kier alpha value is -2.75. The number of esters is 1. The summed E-state index contributed by atoms with van der Waals surface area (Å²) in [5.74, 6) is -0.515. The van der Waals surface area contributed by atoms with Gasteiger partial charge in [0, 0.05) is 47.5 Å². The molecule has 1 aromatic rings. The van der Waals surface area contributed by atoms with E-state index >= 15 is 0 Å². The van der Waals surface area contributed by atoms with E-state index in [2.05, 4.69) is 48.5 Å². The summed E-state index contributed by atoms with van der Waals surface area (Å²) in [5.41, 5.74) is 0.320. The molecule has 5 aliphatic carbocycles. The Morgan fingerprint density at radius 1 is 0.897 bits per heavy atom. The summed E-state index contributed by atoms with van der Waals surface area (Å²) >= 11 is 6.18. The van der Waals surface area contributed by atoms with Gasteiger partial charge in [0.05, 0.1) is 17.9 Å². The summed E-state index contributed by atoms with van der Waals surface area (Å²) < 4.78 is 6.18. The van der Waals surface area contributed by atoms with Crippen LogP contribution in [-0.4, -0.2) is 89.6 Å². The second kappa shape index (κ2) is 15.6. The highest BCUT2D eigenvalue weighted by Gasteiger charge is 2.71. The van der Waals surface area contributed by atoms with Crippen LogP contribution in [0, 0.1) is 56.2 Å². The van der Waals surface area contributed by atoms with Crippen LogP contribution in [0.1, 0.15) is 137 Å². The molecule has 0 heterocycles. The first-order valence-electron chi connectivity index (χ1n) is 21.9. The lowest BCUT2D eigenvalue weighted by Gasteiger charge is -2.72. The molecule has 6 rings (SSSR count). The number of carboxylic acid groups (broad SMARTS) is 1.